The first kappa shape index (κ1) is 31.9. The second kappa shape index (κ2) is 11.9. The number of aliphatic hydroxyl groups excluding tert-OH is 2. The molecule has 23 heteroatoms. The van der Waals surface area contributed by atoms with Crippen LogP contribution < -0.4 is 10.5 Å². The van der Waals surface area contributed by atoms with E-state index in [4.69, 9.17) is 49.8 Å². The van der Waals surface area contributed by atoms with Gasteiger partial charge in [0.1, 0.15) is 60.4 Å². The van der Waals surface area contributed by atoms with Crippen molar-refractivity contribution in [3.05, 3.63) is 30.7 Å². The van der Waals surface area contributed by atoms with Crippen LogP contribution in [0, 0.1) is 0 Å². The minimum Gasteiger partial charge on any atom is -0.477 e. The second-order valence-corrected chi connectivity index (χ2v) is 16.9. The molecule has 4 aromatic heterocycles. The molecule has 3 saturated heterocycles. The summed E-state index contributed by atoms with van der Waals surface area (Å²) in [6, 6.07) is 0. The fourth-order valence-electron chi connectivity index (χ4n) is 6.22. The lowest BCUT2D eigenvalue weighted by molar-refractivity contribution is -0.0587. The van der Waals surface area contributed by atoms with Gasteiger partial charge in [0.15, 0.2) is 23.9 Å². The zero-order chi connectivity index (χ0) is 32.7. The van der Waals surface area contributed by atoms with Crippen molar-refractivity contribution >= 4 is 65.6 Å². The van der Waals surface area contributed by atoms with Crippen LogP contribution in [0.1, 0.15) is 24.4 Å². The molecule has 0 saturated carbocycles. The van der Waals surface area contributed by atoms with Crippen molar-refractivity contribution in [1.29, 1.82) is 0 Å². The van der Waals surface area contributed by atoms with Crippen LogP contribution in [0.15, 0.2) is 25.2 Å². The summed E-state index contributed by atoms with van der Waals surface area (Å²) in [6.45, 7) is -8.92. The molecule has 4 aliphatic rings. The van der Waals surface area contributed by atoms with Crippen LogP contribution in [0.2, 0.25) is 0 Å². The molecule has 2 bridgehead atoms. The number of fused-ring (bicyclic) bond motifs is 4. The van der Waals surface area contributed by atoms with Crippen LogP contribution in [-0.4, -0.2) is 106 Å². The van der Waals surface area contributed by atoms with Gasteiger partial charge in [-0.2, -0.15) is 0 Å². The molecule has 0 amide bonds. The Kier molecular flexibility index (Phi) is 8.07. The summed E-state index contributed by atoms with van der Waals surface area (Å²) in [5, 5.41) is 23.4. The summed E-state index contributed by atoms with van der Waals surface area (Å²) in [5.41, 5.74) is 7.78. The fourth-order valence-corrected chi connectivity index (χ4v) is 9.13. The molecule has 252 valence electrons. The fraction of sp³-hybridized carbons (Fsp3) is 0.542. The van der Waals surface area contributed by atoms with Gasteiger partial charge in [0.2, 0.25) is 5.88 Å². The van der Waals surface area contributed by atoms with E-state index in [-0.39, 0.29) is 17.0 Å². The molecule has 8 heterocycles. The van der Waals surface area contributed by atoms with Crippen molar-refractivity contribution in [1.82, 2.24) is 34.1 Å². The van der Waals surface area contributed by atoms with E-state index >= 15 is 0 Å². The third kappa shape index (κ3) is 5.66. The third-order valence-electron chi connectivity index (χ3n) is 8.35. The molecule has 4 aromatic rings. The predicted molar refractivity (Wildman–Crippen MR) is 166 cm³/mol. The number of nitrogens with two attached hydrogens (primary N) is 1. The maximum Gasteiger partial charge on any atom is 0.386 e. The number of aromatic nitrogens is 7. The number of rotatable bonds is 2. The molecular formula is C24H28N8O11P2S2. The molecule has 3 fully saturated rings. The Morgan fingerprint density at radius 3 is 2.55 bits per heavy atom. The van der Waals surface area contributed by atoms with Crippen LogP contribution in [-0.2, 0) is 50.4 Å². The molecule has 19 nitrogen and oxygen atoms in total. The number of hydrogen-bond acceptors (Lipinski definition) is 17. The lowest BCUT2D eigenvalue weighted by atomic mass is 10.1. The molecule has 0 aliphatic carbocycles. The van der Waals surface area contributed by atoms with E-state index in [0.29, 0.717) is 29.9 Å². The van der Waals surface area contributed by atoms with Gasteiger partial charge in [0.25, 0.3) is 0 Å². The SMILES string of the molecule is Nc1ncnc2c1ncn2[C@@H]1O[C@@H]2COP(O)(=S)O[C@H]3[C@@H](O)[C@H](n4cc5c6c(ncnc64)OCCC5)O[C@@H]3COP(=O)(S)O[C@@H]1[C@@H]2O. The van der Waals surface area contributed by atoms with E-state index in [1.165, 1.54) is 23.5 Å². The molecule has 2 unspecified atom stereocenters. The monoisotopic (exact) mass is 730 g/mol. The summed E-state index contributed by atoms with van der Waals surface area (Å²) in [7, 11) is 0. The molecule has 5 N–H and O–H groups in total. The Bertz CT molecular complexity index is 1950. The van der Waals surface area contributed by atoms with Gasteiger partial charge in [-0.05, 0) is 30.2 Å². The van der Waals surface area contributed by atoms with Gasteiger partial charge in [-0.15, -0.1) is 0 Å². The van der Waals surface area contributed by atoms with E-state index in [0.717, 1.165) is 12.0 Å². The highest BCUT2D eigenvalue weighted by molar-refractivity contribution is 8.44. The van der Waals surface area contributed by atoms with Crippen molar-refractivity contribution in [3.8, 4) is 5.88 Å². The highest BCUT2D eigenvalue weighted by atomic mass is 32.7. The smallest absolute Gasteiger partial charge is 0.386 e. The van der Waals surface area contributed by atoms with Gasteiger partial charge in [0.05, 0.1) is 31.5 Å². The van der Waals surface area contributed by atoms with Gasteiger partial charge in [-0.3, -0.25) is 18.1 Å². The number of nitrogen functional groups attached to an aromatic ring is 1. The van der Waals surface area contributed by atoms with Gasteiger partial charge in [-0.1, -0.05) is 12.2 Å². The summed E-state index contributed by atoms with van der Waals surface area (Å²) in [5.74, 6) is 0.522. The van der Waals surface area contributed by atoms with Crippen molar-refractivity contribution in [2.24, 2.45) is 0 Å². The zero-order valence-corrected chi connectivity index (χ0v) is 27.5. The Hall–Kier alpha value is -2.36. The molecule has 10 atom stereocenters. The van der Waals surface area contributed by atoms with Gasteiger partial charge in [0, 0.05) is 6.20 Å². The average molecular weight is 731 g/mol. The summed E-state index contributed by atoms with van der Waals surface area (Å²) >= 11 is 9.46. The Balaban J connectivity index is 1.11. The first-order chi connectivity index (χ1) is 22.5. The van der Waals surface area contributed by atoms with Crippen molar-refractivity contribution in [2.75, 3.05) is 25.6 Å². The van der Waals surface area contributed by atoms with E-state index in [2.05, 4.69) is 37.2 Å². The minimum absolute atomic E-state index is 0.105. The third-order valence-corrected chi connectivity index (χ3v) is 11.5. The number of thiol groups is 1. The first-order valence-electron chi connectivity index (χ1n) is 14.4. The van der Waals surface area contributed by atoms with Crippen molar-refractivity contribution in [2.45, 2.75) is 61.9 Å². The maximum absolute atomic E-state index is 13.7. The van der Waals surface area contributed by atoms with Crippen LogP contribution in [0.25, 0.3) is 22.2 Å². The molecule has 0 radical (unpaired) electrons. The number of aryl methyl sites for hydroxylation is 1. The van der Waals surface area contributed by atoms with Crippen LogP contribution in [0.4, 0.5) is 5.82 Å². The Morgan fingerprint density at radius 2 is 1.70 bits per heavy atom. The van der Waals surface area contributed by atoms with E-state index in [1.807, 2.05) is 0 Å². The minimum atomic E-state index is -4.30. The Labute approximate surface area is 275 Å². The maximum atomic E-state index is 13.7. The predicted octanol–water partition coefficient (Wildman–Crippen LogP) is 0.767. The van der Waals surface area contributed by atoms with E-state index in [1.54, 1.807) is 10.8 Å². The van der Waals surface area contributed by atoms with Crippen molar-refractivity contribution < 1.29 is 52.0 Å². The summed E-state index contributed by atoms with van der Waals surface area (Å²) in [4.78, 5) is 32.1. The van der Waals surface area contributed by atoms with Crippen molar-refractivity contribution in [3.63, 3.8) is 0 Å². The standard InChI is InChI=1S/C24H28N8O11P2S2/c25-19-14-21(28-7-26-19)32(9-30-14)24-18-15(33)11(40-24)5-38-44(35,46)42-17-12(6-39-45(36,47)43-18)41-23(16(17)34)31-4-10-2-1-3-37-22-13(10)20(31)27-8-29-22/h4,7-9,11-12,15-18,23-24,33-34H,1-3,5-6H2,(H,35,46)(H,36,47)(H2,25,26,28)/t11-,12-,15-,16-,17-,18-,23-,24-,44?,45?/m1/s1. The largest absolute Gasteiger partial charge is 0.477 e. The molecule has 8 rings (SSSR count). The highest BCUT2D eigenvalue weighted by Crippen LogP contribution is 2.58. The number of aliphatic hydroxyl groups is 2. The molecule has 47 heavy (non-hydrogen) atoms. The van der Waals surface area contributed by atoms with Crippen LogP contribution >= 0.6 is 25.8 Å². The number of hydrogen-bond donors (Lipinski definition) is 5. The second-order valence-electron chi connectivity index (χ2n) is 11.3. The van der Waals surface area contributed by atoms with Gasteiger partial charge < -0.3 is 44.1 Å². The van der Waals surface area contributed by atoms with Crippen LogP contribution in [0.5, 0.6) is 5.88 Å². The molecular weight excluding hydrogens is 702 g/mol. The van der Waals surface area contributed by atoms with E-state index < -0.39 is 75.8 Å². The van der Waals surface area contributed by atoms with Crippen LogP contribution in [0.3, 0.4) is 0 Å². The normalized spacial score (nSPS) is 37.9. The molecule has 0 spiro atoms. The number of ether oxygens (including phenoxy) is 3. The Morgan fingerprint density at radius 1 is 0.936 bits per heavy atom. The highest BCUT2D eigenvalue weighted by Gasteiger charge is 2.53. The van der Waals surface area contributed by atoms with Gasteiger partial charge in [-0.25, -0.2) is 29.5 Å². The molecule has 4 aliphatic heterocycles. The number of imidazole rings is 1. The number of nitrogens with zero attached hydrogens (tertiary/aromatic N) is 7. The zero-order valence-electron chi connectivity index (χ0n) is 24.0. The lowest BCUT2D eigenvalue weighted by Crippen LogP contribution is -2.36. The molecule has 0 aromatic carbocycles. The van der Waals surface area contributed by atoms with Gasteiger partial charge >= 0.3 is 13.5 Å². The number of anilines is 1. The first-order valence-corrected chi connectivity index (χ1v) is 19.7. The summed E-state index contributed by atoms with van der Waals surface area (Å²) < 4.78 is 57.6. The quantitative estimate of drug-likeness (QED) is 0.141. The summed E-state index contributed by atoms with van der Waals surface area (Å²) in [6.07, 6.45) is -3.11. The topological polar surface area (TPSA) is 243 Å². The average Bonchev–Trinajstić information content (AvgIpc) is 3.74. The lowest BCUT2D eigenvalue weighted by Gasteiger charge is -2.27. The van der Waals surface area contributed by atoms with E-state index in [9.17, 15) is 19.7 Å².